The van der Waals surface area contributed by atoms with Crippen LogP contribution in [0.15, 0.2) is 24.3 Å². The molecule has 1 unspecified atom stereocenters. The predicted molar refractivity (Wildman–Crippen MR) is 70.7 cm³/mol. The number of nitrogens with one attached hydrogen (secondary N) is 1. The number of methoxy groups -OCH3 is 1. The van der Waals surface area contributed by atoms with Crippen LogP contribution in [0.1, 0.15) is 25.3 Å². The molecule has 96 valence electrons. The first-order valence-corrected chi connectivity index (χ1v) is 6.06. The molecule has 0 aliphatic carbocycles. The SMILES string of the molecule is CNC(COC)COc1ccc(C(C)C)cc1. The van der Waals surface area contributed by atoms with Gasteiger partial charge in [0.25, 0.3) is 0 Å². The van der Waals surface area contributed by atoms with Crippen molar-refractivity contribution in [2.24, 2.45) is 0 Å². The van der Waals surface area contributed by atoms with E-state index in [9.17, 15) is 0 Å². The molecule has 1 N–H and O–H groups in total. The Hall–Kier alpha value is -1.06. The Balaban J connectivity index is 2.46. The first kappa shape index (κ1) is 14.0. The number of rotatable bonds is 7. The Morgan fingerprint density at radius 3 is 2.24 bits per heavy atom. The first-order valence-electron chi connectivity index (χ1n) is 6.06. The van der Waals surface area contributed by atoms with E-state index < -0.39 is 0 Å². The van der Waals surface area contributed by atoms with Gasteiger partial charge in [-0.1, -0.05) is 26.0 Å². The second-order valence-electron chi connectivity index (χ2n) is 4.48. The zero-order valence-electron chi connectivity index (χ0n) is 11.2. The molecule has 0 fully saturated rings. The Morgan fingerprint density at radius 2 is 1.76 bits per heavy atom. The number of ether oxygens (including phenoxy) is 2. The third-order valence-electron chi connectivity index (χ3n) is 2.77. The fraction of sp³-hybridized carbons (Fsp3) is 0.571. The summed E-state index contributed by atoms with van der Waals surface area (Å²) in [6.45, 7) is 5.64. The van der Waals surface area contributed by atoms with Gasteiger partial charge in [0.15, 0.2) is 0 Å². The minimum Gasteiger partial charge on any atom is -0.492 e. The summed E-state index contributed by atoms with van der Waals surface area (Å²) in [4.78, 5) is 0. The second-order valence-corrected chi connectivity index (χ2v) is 4.48. The van der Waals surface area contributed by atoms with Crippen molar-refractivity contribution in [3.05, 3.63) is 29.8 Å². The van der Waals surface area contributed by atoms with Crippen molar-refractivity contribution in [2.75, 3.05) is 27.4 Å². The summed E-state index contributed by atoms with van der Waals surface area (Å²) in [6, 6.07) is 8.50. The lowest BCUT2D eigenvalue weighted by atomic mass is 10.0. The molecule has 0 bridgehead atoms. The van der Waals surface area contributed by atoms with Crippen molar-refractivity contribution in [1.82, 2.24) is 5.32 Å². The summed E-state index contributed by atoms with van der Waals surface area (Å²) in [6.07, 6.45) is 0. The van der Waals surface area contributed by atoms with Crippen LogP contribution in [0.3, 0.4) is 0 Å². The Morgan fingerprint density at radius 1 is 1.12 bits per heavy atom. The summed E-state index contributed by atoms with van der Waals surface area (Å²) >= 11 is 0. The van der Waals surface area contributed by atoms with Crippen LogP contribution < -0.4 is 10.1 Å². The van der Waals surface area contributed by atoms with Gasteiger partial charge in [-0.25, -0.2) is 0 Å². The van der Waals surface area contributed by atoms with E-state index in [2.05, 4.69) is 31.3 Å². The average Bonchev–Trinajstić information content (AvgIpc) is 2.35. The van der Waals surface area contributed by atoms with Crippen molar-refractivity contribution in [3.8, 4) is 5.75 Å². The molecule has 1 rings (SSSR count). The van der Waals surface area contributed by atoms with Crippen LogP contribution in [0.4, 0.5) is 0 Å². The molecule has 0 aromatic heterocycles. The average molecular weight is 237 g/mol. The lowest BCUT2D eigenvalue weighted by molar-refractivity contribution is 0.140. The topological polar surface area (TPSA) is 30.5 Å². The van der Waals surface area contributed by atoms with Crippen LogP contribution in [0.25, 0.3) is 0 Å². The maximum Gasteiger partial charge on any atom is 0.119 e. The van der Waals surface area contributed by atoms with Crippen LogP contribution in [0.2, 0.25) is 0 Å². The van der Waals surface area contributed by atoms with Crippen LogP contribution in [-0.2, 0) is 4.74 Å². The highest BCUT2D eigenvalue weighted by molar-refractivity contribution is 5.28. The molecule has 0 saturated heterocycles. The van der Waals surface area contributed by atoms with Gasteiger partial charge in [-0.05, 0) is 30.7 Å². The Labute approximate surface area is 104 Å². The molecule has 1 aromatic carbocycles. The van der Waals surface area contributed by atoms with Crippen molar-refractivity contribution >= 4 is 0 Å². The fourth-order valence-electron chi connectivity index (χ4n) is 1.56. The number of benzene rings is 1. The highest BCUT2D eigenvalue weighted by Gasteiger charge is 2.06. The van der Waals surface area contributed by atoms with Crippen molar-refractivity contribution < 1.29 is 9.47 Å². The molecule has 0 spiro atoms. The largest absolute Gasteiger partial charge is 0.492 e. The molecule has 1 aromatic rings. The Bertz CT molecular complexity index is 309. The van der Waals surface area contributed by atoms with Crippen molar-refractivity contribution in [2.45, 2.75) is 25.8 Å². The van der Waals surface area contributed by atoms with Crippen LogP contribution in [0, 0.1) is 0 Å². The second kappa shape index (κ2) is 7.30. The van der Waals surface area contributed by atoms with Gasteiger partial charge in [0.05, 0.1) is 12.6 Å². The lowest BCUT2D eigenvalue weighted by Crippen LogP contribution is -2.35. The molecular weight excluding hydrogens is 214 g/mol. The van der Waals surface area contributed by atoms with Crippen LogP contribution >= 0.6 is 0 Å². The standard InChI is InChI=1S/C14H23NO2/c1-11(2)12-5-7-14(8-6-12)17-10-13(15-3)9-16-4/h5-8,11,13,15H,9-10H2,1-4H3. The van der Waals surface area contributed by atoms with E-state index in [1.807, 2.05) is 19.2 Å². The van der Waals surface area contributed by atoms with Gasteiger partial charge in [0, 0.05) is 7.11 Å². The number of likely N-dealkylation sites (N-methyl/N-ethyl adjacent to an activating group) is 1. The molecular formula is C14H23NO2. The lowest BCUT2D eigenvalue weighted by Gasteiger charge is -2.16. The predicted octanol–water partition coefficient (Wildman–Crippen LogP) is 2.42. The molecule has 3 nitrogen and oxygen atoms in total. The molecule has 0 aliphatic heterocycles. The minimum absolute atomic E-state index is 0.227. The maximum atomic E-state index is 5.70. The van der Waals surface area contributed by atoms with Gasteiger partial charge in [0.2, 0.25) is 0 Å². The van der Waals surface area contributed by atoms with Gasteiger partial charge in [0.1, 0.15) is 12.4 Å². The summed E-state index contributed by atoms with van der Waals surface area (Å²) in [5, 5.41) is 3.15. The van der Waals surface area contributed by atoms with Crippen molar-refractivity contribution in [1.29, 1.82) is 0 Å². The van der Waals surface area contributed by atoms with E-state index in [0.29, 0.717) is 19.1 Å². The first-order chi connectivity index (χ1) is 8.17. The molecule has 0 heterocycles. The quantitative estimate of drug-likeness (QED) is 0.790. The van der Waals surface area contributed by atoms with Crippen LogP contribution in [-0.4, -0.2) is 33.4 Å². The molecule has 0 amide bonds. The van der Waals surface area contributed by atoms with E-state index in [4.69, 9.17) is 9.47 Å². The smallest absolute Gasteiger partial charge is 0.119 e. The highest BCUT2D eigenvalue weighted by atomic mass is 16.5. The van der Waals surface area contributed by atoms with E-state index >= 15 is 0 Å². The van der Waals surface area contributed by atoms with Crippen LogP contribution in [0.5, 0.6) is 5.75 Å². The molecule has 0 aliphatic rings. The maximum absolute atomic E-state index is 5.70. The number of hydrogen-bond acceptors (Lipinski definition) is 3. The molecule has 0 radical (unpaired) electrons. The summed E-state index contributed by atoms with van der Waals surface area (Å²) < 4.78 is 10.8. The van der Waals surface area contributed by atoms with Gasteiger partial charge >= 0.3 is 0 Å². The van der Waals surface area contributed by atoms with Crippen molar-refractivity contribution in [3.63, 3.8) is 0 Å². The molecule has 1 atom stereocenters. The summed E-state index contributed by atoms with van der Waals surface area (Å²) in [5.74, 6) is 1.47. The van der Waals surface area contributed by atoms with Gasteiger partial charge < -0.3 is 14.8 Å². The monoisotopic (exact) mass is 237 g/mol. The van der Waals surface area contributed by atoms with Gasteiger partial charge in [-0.2, -0.15) is 0 Å². The van der Waals surface area contributed by atoms with Gasteiger partial charge in [-0.3, -0.25) is 0 Å². The van der Waals surface area contributed by atoms with E-state index in [1.165, 1.54) is 5.56 Å². The number of hydrogen-bond donors (Lipinski definition) is 1. The molecule has 3 heteroatoms. The fourth-order valence-corrected chi connectivity index (χ4v) is 1.56. The highest BCUT2D eigenvalue weighted by Crippen LogP contribution is 2.18. The van der Waals surface area contributed by atoms with E-state index in [0.717, 1.165) is 5.75 Å². The Kier molecular flexibility index (Phi) is 6.01. The van der Waals surface area contributed by atoms with Gasteiger partial charge in [-0.15, -0.1) is 0 Å². The summed E-state index contributed by atoms with van der Waals surface area (Å²) in [7, 11) is 3.61. The third kappa shape index (κ3) is 4.75. The summed E-state index contributed by atoms with van der Waals surface area (Å²) in [5.41, 5.74) is 1.33. The molecule has 0 saturated carbocycles. The van der Waals surface area contributed by atoms with E-state index in [1.54, 1.807) is 7.11 Å². The van der Waals surface area contributed by atoms with E-state index in [-0.39, 0.29) is 6.04 Å². The molecule has 17 heavy (non-hydrogen) atoms. The normalized spacial score (nSPS) is 12.8. The third-order valence-corrected chi connectivity index (χ3v) is 2.77. The zero-order chi connectivity index (χ0) is 12.7. The zero-order valence-corrected chi connectivity index (χ0v) is 11.2. The minimum atomic E-state index is 0.227.